The summed E-state index contributed by atoms with van der Waals surface area (Å²) in [7, 11) is 0. The van der Waals surface area contributed by atoms with Gasteiger partial charge in [0.15, 0.2) is 0 Å². The van der Waals surface area contributed by atoms with Crippen LogP contribution in [0.5, 0.6) is 0 Å². The van der Waals surface area contributed by atoms with Crippen LogP contribution in [0.25, 0.3) is 0 Å². The Labute approximate surface area is 145 Å². The average Bonchev–Trinajstić information content (AvgIpc) is 2.59. The molecule has 0 fully saturated rings. The van der Waals surface area contributed by atoms with Crippen LogP contribution in [-0.2, 0) is 0 Å². The highest BCUT2D eigenvalue weighted by Crippen LogP contribution is 2.19. The van der Waals surface area contributed by atoms with Gasteiger partial charge in [-0.3, -0.25) is 0 Å². The van der Waals surface area contributed by atoms with Crippen LogP contribution in [0.4, 0.5) is 13.6 Å². The summed E-state index contributed by atoms with van der Waals surface area (Å²) in [5.41, 5.74) is 1.24. The summed E-state index contributed by atoms with van der Waals surface area (Å²) in [6.45, 7) is 1.98. The van der Waals surface area contributed by atoms with Gasteiger partial charge in [0.1, 0.15) is 11.6 Å². The Morgan fingerprint density at radius 2 is 1.88 bits per heavy atom. The quantitative estimate of drug-likeness (QED) is 0.717. The van der Waals surface area contributed by atoms with Gasteiger partial charge in [0.05, 0.1) is 6.04 Å². The summed E-state index contributed by atoms with van der Waals surface area (Å²) in [6.07, 6.45) is 0.520. The molecule has 0 aliphatic carbocycles. The van der Waals surface area contributed by atoms with Gasteiger partial charge < -0.3 is 15.7 Å². The predicted molar refractivity (Wildman–Crippen MR) is 92.2 cm³/mol. The van der Waals surface area contributed by atoms with Gasteiger partial charge in [-0.15, -0.1) is 0 Å². The molecule has 0 aliphatic heterocycles. The van der Waals surface area contributed by atoms with E-state index in [0.29, 0.717) is 13.0 Å². The Hall–Kier alpha value is -2.47. The van der Waals surface area contributed by atoms with Gasteiger partial charge >= 0.3 is 6.03 Å². The third-order valence-corrected chi connectivity index (χ3v) is 4.03. The normalized spacial score (nSPS) is 13.1. The molecule has 0 aromatic heterocycles. The highest BCUT2D eigenvalue weighted by atomic mass is 19.1. The first kappa shape index (κ1) is 18.9. The van der Waals surface area contributed by atoms with Crippen molar-refractivity contribution in [2.45, 2.75) is 25.3 Å². The van der Waals surface area contributed by atoms with Gasteiger partial charge in [0.25, 0.3) is 0 Å². The molecule has 0 bridgehead atoms. The van der Waals surface area contributed by atoms with E-state index in [1.54, 1.807) is 6.92 Å². The number of hydrogen-bond donors (Lipinski definition) is 3. The molecule has 2 amide bonds. The number of urea groups is 1. The van der Waals surface area contributed by atoms with Gasteiger partial charge in [-0.25, -0.2) is 13.6 Å². The van der Waals surface area contributed by atoms with Crippen molar-refractivity contribution in [2.24, 2.45) is 0 Å². The van der Waals surface area contributed by atoms with Crippen LogP contribution in [0.15, 0.2) is 48.5 Å². The van der Waals surface area contributed by atoms with Crippen LogP contribution >= 0.6 is 0 Å². The number of benzene rings is 2. The molecule has 3 N–H and O–H groups in total. The fraction of sp³-hybridized carbons (Fsp3) is 0.316. The lowest BCUT2D eigenvalue weighted by Crippen LogP contribution is -2.39. The van der Waals surface area contributed by atoms with Crippen molar-refractivity contribution in [1.29, 1.82) is 0 Å². The van der Waals surface area contributed by atoms with Gasteiger partial charge in [-0.1, -0.05) is 36.4 Å². The molecule has 2 atom stereocenters. The Morgan fingerprint density at radius 3 is 2.52 bits per heavy atom. The first-order valence-corrected chi connectivity index (χ1v) is 8.16. The van der Waals surface area contributed by atoms with Crippen molar-refractivity contribution in [3.63, 3.8) is 0 Å². The topological polar surface area (TPSA) is 61.4 Å². The fourth-order valence-electron chi connectivity index (χ4n) is 2.66. The molecule has 0 aliphatic rings. The molecule has 6 heteroatoms. The van der Waals surface area contributed by atoms with E-state index in [2.05, 4.69) is 10.6 Å². The van der Waals surface area contributed by atoms with Crippen molar-refractivity contribution in [2.75, 3.05) is 13.2 Å². The lowest BCUT2D eigenvalue weighted by Gasteiger charge is -2.19. The van der Waals surface area contributed by atoms with Crippen LogP contribution in [-0.4, -0.2) is 24.3 Å². The number of nitrogens with one attached hydrogen (secondary N) is 2. The standard InChI is InChI=1S/C19H22F2N2O2/c1-13(17-8-7-16(20)11-18(17)21)23-19(25)22-12-15(9-10-24)14-5-3-2-4-6-14/h2-8,11,13,15,24H,9-10,12H2,1H3,(H2,22,23,25). The zero-order valence-corrected chi connectivity index (χ0v) is 14.0. The second-order valence-corrected chi connectivity index (χ2v) is 5.86. The highest BCUT2D eigenvalue weighted by molar-refractivity contribution is 5.74. The first-order chi connectivity index (χ1) is 12.0. The monoisotopic (exact) mass is 348 g/mol. The third kappa shape index (κ3) is 5.53. The Morgan fingerprint density at radius 1 is 1.16 bits per heavy atom. The SMILES string of the molecule is CC(NC(=O)NCC(CCO)c1ccccc1)c1ccc(F)cc1F. The molecule has 0 saturated heterocycles. The van der Waals surface area contributed by atoms with E-state index in [0.717, 1.165) is 17.7 Å². The minimum Gasteiger partial charge on any atom is -0.396 e. The summed E-state index contributed by atoms with van der Waals surface area (Å²) in [6, 6.07) is 11.8. The maximum atomic E-state index is 13.7. The van der Waals surface area contributed by atoms with Gasteiger partial charge in [0, 0.05) is 30.7 Å². The molecule has 134 valence electrons. The average molecular weight is 348 g/mol. The van der Waals surface area contributed by atoms with Crippen LogP contribution in [0, 0.1) is 11.6 Å². The summed E-state index contributed by atoms with van der Waals surface area (Å²) in [5.74, 6) is -1.38. The van der Waals surface area contributed by atoms with Crippen LogP contribution < -0.4 is 10.6 Å². The zero-order valence-electron chi connectivity index (χ0n) is 14.0. The smallest absolute Gasteiger partial charge is 0.315 e. The number of halogens is 2. The Kier molecular flexibility index (Phi) is 6.89. The van der Waals surface area contributed by atoms with Gasteiger partial charge in [-0.2, -0.15) is 0 Å². The number of carbonyl (C=O) groups is 1. The second kappa shape index (κ2) is 9.13. The van der Waals surface area contributed by atoms with E-state index in [9.17, 15) is 18.7 Å². The van der Waals surface area contributed by atoms with Gasteiger partial charge in [-0.05, 0) is 25.0 Å². The molecule has 2 aromatic carbocycles. The number of hydrogen-bond acceptors (Lipinski definition) is 2. The molecule has 4 nitrogen and oxygen atoms in total. The lowest BCUT2D eigenvalue weighted by molar-refractivity contribution is 0.234. The molecule has 0 saturated carbocycles. The summed E-state index contributed by atoms with van der Waals surface area (Å²) in [4.78, 5) is 12.1. The minimum atomic E-state index is -0.699. The first-order valence-electron chi connectivity index (χ1n) is 8.16. The molecule has 2 unspecified atom stereocenters. The number of aliphatic hydroxyl groups is 1. The number of amides is 2. The molecular formula is C19H22F2N2O2. The summed E-state index contributed by atoms with van der Waals surface area (Å²) >= 11 is 0. The minimum absolute atomic E-state index is 0.0139. The van der Waals surface area contributed by atoms with Gasteiger partial charge in [0.2, 0.25) is 0 Å². The van der Waals surface area contributed by atoms with E-state index >= 15 is 0 Å². The molecular weight excluding hydrogens is 326 g/mol. The van der Waals surface area contributed by atoms with Crippen LogP contribution in [0.1, 0.15) is 36.4 Å². The maximum absolute atomic E-state index is 13.7. The molecule has 0 radical (unpaired) electrons. The zero-order chi connectivity index (χ0) is 18.2. The summed E-state index contributed by atoms with van der Waals surface area (Å²) < 4.78 is 26.7. The Balaban J connectivity index is 1.92. The highest BCUT2D eigenvalue weighted by Gasteiger charge is 2.16. The molecule has 0 spiro atoms. The van der Waals surface area contributed by atoms with E-state index in [1.165, 1.54) is 6.07 Å². The van der Waals surface area contributed by atoms with Crippen LogP contribution in [0.3, 0.4) is 0 Å². The van der Waals surface area contributed by atoms with E-state index in [4.69, 9.17) is 0 Å². The third-order valence-electron chi connectivity index (χ3n) is 4.03. The fourth-order valence-corrected chi connectivity index (χ4v) is 2.66. The maximum Gasteiger partial charge on any atom is 0.315 e. The number of rotatable bonds is 7. The largest absolute Gasteiger partial charge is 0.396 e. The van der Waals surface area contributed by atoms with E-state index in [-0.39, 0.29) is 18.1 Å². The van der Waals surface area contributed by atoms with Crippen molar-refractivity contribution in [3.8, 4) is 0 Å². The molecule has 2 aromatic rings. The van der Waals surface area contributed by atoms with E-state index in [1.807, 2.05) is 30.3 Å². The van der Waals surface area contributed by atoms with Crippen LogP contribution in [0.2, 0.25) is 0 Å². The summed E-state index contributed by atoms with van der Waals surface area (Å²) in [5, 5.41) is 14.6. The second-order valence-electron chi connectivity index (χ2n) is 5.86. The van der Waals surface area contributed by atoms with E-state index < -0.39 is 23.7 Å². The predicted octanol–water partition coefficient (Wildman–Crippen LogP) is 3.49. The molecule has 2 rings (SSSR count). The number of carbonyl (C=O) groups excluding carboxylic acids is 1. The van der Waals surface area contributed by atoms with Crippen molar-refractivity contribution in [1.82, 2.24) is 10.6 Å². The van der Waals surface area contributed by atoms with Crippen molar-refractivity contribution >= 4 is 6.03 Å². The van der Waals surface area contributed by atoms with Crippen molar-refractivity contribution < 1.29 is 18.7 Å². The molecule has 25 heavy (non-hydrogen) atoms. The lowest BCUT2D eigenvalue weighted by atomic mass is 9.96. The molecule has 0 heterocycles. The number of aliphatic hydroxyl groups excluding tert-OH is 1. The van der Waals surface area contributed by atoms with Crippen molar-refractivity contribution in [3.05, 3.63) is 71.3 Å². The Bertz CT molecular complexity index is 695.